The molecule has 6 fully saturated rings. The van der Waals surface area contributed by atoms with Crippen molar-refractivity contribution in [2.75, 3.05) is 40.4 Å². The lowest BCUT2D eigenvalue weighted by Crippen LogP contribution is -2.54. The molecule has 6 aliphatic rings. The molecular formula is C40H53N4O12PS. The van der Waals surface area contributed by atoms with Crippen LogP contribution in [0.3, 0.4) is 0 Å². The van der Waals surface area contributed by atoms with Gasteiger partial charge in [-0.2, -0.15) is 8.42 Å². The second-order valence-corrected chi connectivity index (χ2v) is 16.8. The van der Waals surface area contributed by atoms with Crippen molar-refractivity contribution in [3.8, 4) is 11.5 Å². The lowest BCUT2D eigenvalue weighted by Gasteiger charge is -2.50. The van der Waals surface area contributed by atoms with Crippen molar-refractivity contribution in [2.24, 2.45) is 23.7 Å². The molecule has 4 bridgehead atoms. The minimum Gasteiger partial charge on any atom is -0.497 e. The van der Waals surface area contributed by atoms with Crippen LogP contribution in [0.25, 0.3) is 21.8 Å². The van der Waals surface area contributed by atoms with E-state index in [-0.39, 0.29) is 12.1 Å². The Hall–Kier alpha value is -3.84. The third-order valence-corrected chi connectivity index (χ3v) is 11.6. The van der Waals surface area contributed by atoms with Crippen molar-refractivity contribution in [1.29, 1.82) is 0 Å². The molecule has 0 radical (unpaired) electrons. The van der Waals surface area contributed by atoms with Crippen LogP contribution < -0.4 is 9.47 Å². The molecule has 6 saturated heterocycles. The summed E-state index contributed by atoms with van der Waals surface area (Å²) < 4.78 is 51.2. The molecule has 16 nitrogen and oxygen atoms in total. The smallest absolute Gasteiger partial charge is 0.466 e. The fourth-order valence-electron chi connectivity index (χ4n) is 8.89. The monoisotopic (exact) mass is 844 g/mol. The number of hydrogen-bond donors (Lipinski definition) is 7. The fourth-order valence-corrected chi connectivity index (χ4v) is 8.89. The zero-order valence-corrected chi connectivity index (χ0v) is 34.1. The molecule has 316 valence electrons. The van der Waals surface area contributed by atoms with Gasteiger partial charge in [-0.15, -0.1) is 13.2 Å². The van der Waals surface area contributed by atoms with Crippen molar-refractivity contribution < 1.29 is 56.5 Å². The maximum absolute atomic E-state index is 11.2. The summed E-state index contributed by atoms with van der Waals surface area (Å²) in [5.74, 6) is 4.01. The minimum atomic E-state index is -4.67. The maximum atomic E-state index is 11.2. The van der Waals surface area contributed by atoms with Crippen LogP contribution in [-0.4, -0.2) is 115 Å². The van der Waals surface area contributed by atoms with Gasteiger partial charge in [0.05, 0.1) is 37.5 Å². The standard InChI is InChI=1S/2C20H24N2O2.H3O4P.H2O4S/c2*1-3-13-12-22-9-7-14(13)10-19(22)20(23)16-6-8-21-18-5-4-15(24-2)11-17(16)18;2*1-5(2,3)4/h2*3-6,8,11,13-14,19-20,23H,1,7,9-10,12H2,2H3;(H3,1,2,3,4);(H2,1,2,3,4)/t2*13-,14-,19-,20+;;/m00../s1. The normalized spacial score (nSPS) is 27.1. The summed E-state index contributed by atoms with van der Waals surface area (Å²) in [4.78, 5) is 35.3. The second kappa shape index (κ2) is 19.5. The first-order valence-corrected chi connectivity index (χ1v) is 21.8. The number of hydrogen-bond acceptors (Lipinski definition) is 11. The van der Waals surface area contributed by atoms with Gasteiger partial charge in [0.25, 0.3) is 0 Å². The number of benzene rings is 2. The van der Waals surface area contributed by atoms with Crippen molar-refractivity contribution in [2.45, 2.75) is 50.0 Å². The molecular weight excluding hydrogens is 791 g/mol. The first-order valence-electron chi connectivity index (χ1n) is 18.8. The van der Waals surface area contributed by atoms with Gasteiger partial charge in [0, 0.05) is 48.3 Å². The summed E-state index contributed by atoms with van der Waals surface area (Å²) in [5.41, 5.74) is 3.69. The Labute approximate surface area is 338 Å². The Morgan fingerprint density at radius 1 is 0.741 bits per heavy atom. The molecule has 4 aromatic rings. The average molecular weight is 845 g/mol. The first-order chi connectivity index (χ1) is 27.4. The summed E-state index contributed by atoms with van der Waals surface area (Å²) in [7, 11) is -5.98. The highest BCUT2D eigenvalue weighted by atomic mass is 32.3. The number of rotatable bonds is 8. The highest BCUT2D eigenvalue weighted by Crippen LogP contribution is 2.44. The van der Waals surface area contributed by atoms with Gasteiger partial charge in [-0.3, -0.25) is 28.9 Å². The third-order valence-electron chi connectivity index (χ3n) is 11.6. The molecule has 0 saturated carbocycles. The van der Waals surface area contributed by atoms with Crippen molar-refractivity contribution in [3.05, 3.63) is 97.4 Å². The van der Waals surface area contributed by atoms with E-state index in [9.17, 15) is 10.2 Å². The van der Waals surface area contributed by atoms with Crippen molar-refractivity contribution in [1.82, 2.24) is 19.8 Å². The van der Waals surface area contributed by atoms with E-state index < -0.39 is 30.4 Å². The van der Waals surface area contributed by atoms with Crippen molar-refractivity contribution in [3.63, 3.8) is 0 Å². The number of ether oxygens (including phenoxy) is 2. The van der Waals surface area contributed by atoms with Crippen LogP contribution in [-0.2, 0) is 15.0 Å². The van der Waals surface area contributed by atoms with Gasteiger partial charge in [-0.05, 0) is 122 Å². The van der Waals surface area contributed by atoms with Crippen LogP contribution in [0.1, 0.15) is 49.0 Å². The van der Waals surface area contributed by atoms with Crippen LogP contribution in [0.4, 0.5) is 0 Å². The predicted molar refractivity (Wildman–Crippen MR) is 218 cm³/mol. The average Bonchev–Trinajstić information content (AvgIpc) is 3.21. The zero-order chi connectivity index (χ0) is 42.4. The number of fused-ring (bicyclic) bond motifs is 8. The Kier molecular flexibility index (Phi) is 15.2. The highest BCUT2D eigenvalue weighted by Gasteiger charge is 2.43. The fraction of sp³-hybridized carbons (Fsp3) is 0.450. The molecule has 10 atom stereocenters. The van der Waals surface area contributed by atoms with Crippen LogP contribution in [0.2, 0.25) is 0 Å². The Morgan fingerprint density at radius 3 is 1.40 bits per heavy atom. The molecule has 18 heteroatoms. The lowest BCUT2D eigenvalue weighted by molar-refractivity contribution is -0.0445. The van der Waals surface area contributed by atoms with E-state index in [0.29, 0.717) is 23.7 Å². The van der Waals surface area contributed by atoms with E-state index in [1.54, 1.807) is 26.6 Å². The van der Waals surface area contributed by atoms with Crippen LogP contribution >= 0.6 is 7.82 Å². The topological polar surface area (TPSA) is 244 Å². The molecule has 58 heavy (non-hydrogen) atoms. The Morgan fingerprint density at radius 2 is 1.10 bits per heavy atom. The molecule has 2 aromatic heterocycles. The summed E-state index contributed by atoms with van der Waals surface area (Å²) in [6, 6.07) is 15.9. The molecule has 0 amide bonds. The van der Waals surface area contributed by atoms with Gasteiger partial charge >= 0.3 is 18.2 Å². The van der Waals surface area contributed by atoms with Gasteiger partial charge in [0.1, 0.15) is 11.5 Å². The van der Waals surface area contributed by atoms with E-state index in [0.717, 1.165) is 83.5 Å². The van der Waals surface area contributed by atoms with Crippen LogP contribution in [0.15, 0.2) is 86.2 Å². The van der Waals surface area contributed by atoms with Gasteiger partial charge < -0.3 is 34.4 Å². The molecule has 6 aliphatic heterocycles. The number of pyridine rings is 2. The molecule has 0 spiro atoms. The summed E-state index contributed by atoms with van der Waals surface area (Å²) in [6.45, 7) is 12.1. The molecule has 2 unspecified atom stereocenters. The molecule has 7 N–H and O–H groups in total. The predicted octanol–water partition coefficient (Wildman–Crippen LogP) is 4.77. The van der Waals surface area contributed by atoms with E-state index in [2.05, 4.69) is 45.1 Å². The van der Waals surface area contributed by atoms with Gasteiger partial charge in [0.2, 0.25) is 0 Å². The number of methoxy groups -OCH3 is 2. The number of phosphoric acid groups is 1. The lowest BCUT2D eigenvalue weighted by atomic mass is 9.73. The molecule has 0 aliphatic carbocycles. The Bertz CT molecular complexity index is 2060. The summed E-state index contributed by atoms with van der Waals surface area (Å²) in [6.07, 6.45) is 11.2. The highest BCUT2D eigenvalue weighted by molar-refractivity contribution is 7.79. The largest absolute Gasteiger partial charge is 0.497 e. The number of nitrogens with zero attached hydrogens (tertiary/aromatic N) is 4. The van der Waals surface area contributed by atoms with E-state index in [1.807, 2.05) is 48.5 Å². The van der Waals surface area contributed by atoms with E-state index in [1.165, 1.54) is 12.8 Å². The molecule has 2 aromatic carbocycles. The van der Waals surface area contributed by atoms with Gasteiger partial charge in [0.15, 0.2) is 0 Å². The molecule has 8 heterocycles. The number of aliphatic hydroxyl groups is 2. The zero-order valence-electron chi connectivity index (χ0n) is 32.4. The summed E-state index contributed by atoms with van der Waals surface area (Å²) in [5, 5.41) is 24.3. The van der Waals surface area contributed by atoms with Gasteiger partial charge in [-0.1, -0.05) is 12.2 Å². The summed E-state index contributed by atoms with van der Waals surface area (Å²) >= 11 is 0. The quantitative estimate of drug-likeness (QED) is 0.0718. The van der Waals surface area contributed by atoms with Gasteiger partial charge in [-0.25, -0.2) is 4.57 Å². The van der Waals surface area contributed by atoms with Crippen LogP contribution in [0, 0.1) is 23.7 Å². The number of aromatic nitrogens is 2. The Balaban J connectivity index is 0.000000180. The molecule has 10 rings (SSSR count). The second-order valence-electron chi connectivity index (χ2n) is 14.9. The number of piperidine rings is 6. The van der Waals surface area contributed by atoms with E-state index in [4.69, 9.17) is 46.2 Å². The first kappa shape index (κ1) is 45.2. The number of aliphatic hydroxyl groups excluding tert-OH is 2. The SMILES string of the molecule is C=C[C@H]1CN2CC[C@H]1C[C@H]2[C@H](O)c1ccnc2ccc(OC)cc12.C=C[C@H]1CN2CC[C@H]1C[C@H]2[C@H](O)c1ccnc2ccc(OC)cc12.O=P(O)(O)O.O=S(=O)(O)O. The van der Waals surface area contributed by atoms with E-state index >= 15 is 0 Å². The minimum absolute atomic E-state index is 0.178. The third kappa shape index (κ3) is 11.7. The van der Waals surface area contributed by atoms with Crippen molar-refractivity contribution >= 4 is 40.0 Å². The maximum Gasteiger partial charge on any atom is 0.466 e. The van der Waals surface area contributed by atoms with Crippen LogP contribution in [0.5, 0.6) is 11.5 Å².